The molecule has 92 valence electrons. The van der Waals surface area contributed by atoms with Gasteiger partial charge in [-0.3, -0.25) is 0 Å². The molecule has 1 aromatic rings. The average molecular weight is 253 g/mol. The number of hydrogen-bond acceptors (Lipinski definition) is 4. The highest BCUT2D eigenvalue weighted by atomic mass is 32.1. The molecule has 0 amide bonds. The minimum Gasteiger partial charge on any atom is -0.360 e. The monoisotopic (exact) mass is 253 g/mol. The molecule has 0 fully saturated rings. The van der Waals surface area contributed by atoms with Crippen molar-refractivity contribution in [1.29, 1.82) is 0 Å². The molecule has 0 aliphatic rings. The fraction of sp³-hybridized carbons (Fsp3) is 0.778. The van der Waals surface area contributed by atoms with Gasteiger partial charge in [0.05, 0.1) is 0 Å². The maximum atomic E-state index is 12.2. The van der Waals surface area contributed by atoms with Crippen molar-refractivity contribution < 1.29 is 13.2 Å². The minimum absolute atomic E-state index is 0.232. The lowest BCUT2D eigenvalue weighted by atomic mass is 10.1. The van der Waals surface area contributed by atoms with Crippen LogP contribution in [-0.4, -0.2) is 16.7 Å². The first-order valence-corrected chi connectivity index (χ1v) is 5.86. The predicted octanol–water partition coefficient (Wildman–Crippen LogP) is 3.41. The molecule has 1 N–H and O–H groups in total. The molecule has 0 aromatic carbocycles. The summed E-state index contributed by atoms with van der Waals surface area (Å²) in [4.78, 5) is 0. The largest absolute Gasteiger partial charge is 0.445 e. The zero-order valence-electron chi connectivity index (χ0n) is 9.14. The summed E-state index contributed by atoms with van der Waals surface area (Å²) in [5, 5.41) is 8.69. The van der Waals surface area contributed by atoms with E-state index in [2.05, 4.69) is 29.4 Å². The molecule has 0 radical (unpaired) electrons. The van der Waals surface area contributed by atoms with Crippen molar-refractivity contribution in [3.63, 3.8) is 0 Å². The second-order valence-electron chi connectivity index (χ2n) is 3.87. The molecule has 7 heteroatoms. The first kappa shape index (κ1) is 13.2. The van der Waals surface area contributed by atoms with Crippen LogP contribution in [-0.2, 0) is 6.18 Å². The lowest BCUT2D eigenvalue weighted by molar-refractivity contribution is -0.138. The summed E-state index contributed by atoms with van der Waals surface area (Å²) >= 11 is 0.540. The molecule has 0 saturated carbocycles. The molecule has 0 spiro atoms. The van der Waals surface area contributed by atoms with Crippen LogP contribution in [0.4, 0.5) is 18.3 Å². The van der Waals surface area contributed by atoms with E-state index in [1.165, 1.54) is 0 Å². The first-order chi connectivity index (χ1) is 7.39. The summed E-state index contributed by atoms with van der Waals surface area (Å²) in [5.41, 5.74) is 0. The zero-order valence-corrected chi connectivity index (χ0v) is 9.95. The van der Waals surface area contributed by atoms with Crippen molar-refractivity contribution in [3.05, 3.63) is 5.01 Å². The number of aromatic nitrogens is 2. The van der Waals surface area contributed by atoms with Gasteiger partial charge in [-0.05, 0) is 18.8 Å². The Kier molecular flexibility index (Phi) is 4.52. The van der Waals surface area contributed by atoms with E-state index >= 15 is 0 Å². The van der Waals surface area contributed by atoms with Gasteiger partial charge < -0.3 is 5.32 Å². The van der Waals surface area contributed by atoms with Crippen molar-refractivity contribution >= 4 is 16.5 Å². The Hall–Kier alpha value is -0.850. The summed E-state index contributed by atoms with van der Waals surface area (Å²) in [6, 6.07) is 0. The molecule has 0 aliphatic carbocycles. The standard InChI is InChI=1S/C9H14F3N3S/c1-6(2)4-3-5-13-8-15-14-7(16-8)9(10,11)12/h6H,3-5H2,1-2H3,(H,13,15). The molecule has 0 atom stereocenters. The number of nitrogens with zero attached hydrogens (tertiary/aromatic N) is 2. The molecule has 0 bridgehead atoms. The van der Waals surface area contributed by atoms with Gasteiger partial charge in [0.15, 0.2) is 0 Å². The molecule has 0 unspecified atom stereocenters. The molecule has 1 aromatic heterocycles. The Morgan fingerprint density at radius 1 is 1.31 bits per heavy atom. The average Bonchev–Trinajstić information content (AvgIpc) is 2.59. The topological polar surface area (TPSA) is 37.8 Å². The van der Waals surface area contributed by atoms with Crippen LogP contribution in [0.15, 0.2) is 0 Å². The smallest absolute Gasteiger partial charge is 0.360 e. The van der Waals surface area contributed by atoms with Gasteiger partial charge >= 0.3 is 6.18 Å². The quantitative estimate of drug-likeness (QED) is 0.817. The molecule has 0 saturated heterocycles. The summed E-state index contributed by atoms with van der Waals surface area (Å²) in [6.07, 6.45) is -2.44. The van der Waals surface area contributed by atoms with E-state index in [1.54, 1.807) is 0 Å². The van der Waals surface area contributed by atoms with Gasteiger partial charge in [0.2, 0.25) is 10.1 Å². The van der Waals surface area contributed by atoms with Gasteiger partial charge in [0, 0.05) is 6.54 Å². The van der Waals surface area contributed by atoms with E-state index < -0.39 is 11.2 Å². The van der Waals surface area contributed by atoms with Crippen LogP contribution in [0.25, 0.3) is 0 Å². The summed E-state index contributed by atoms with van der Waals surface area (Å²) < 4.78 is 36.5. The Labute approximate surface area is 96.1 Å². The maximum absolute atomic E-state index is 12.2. The Balaban J connectivity index is 2.36. The van der Waals surface area contributed by atoms with E-state index in [1.807, 2.05) is 0 Å². The third-order valence-corrected chi connectivity index (χ3v) is 2.83. The highest BCUT2D eigenvalue weighted by Gasteiger charge is 2.35. The molecule has 1 rings (SSSR count). The third kappa shape index (κ3) is 4.34. The second kappa shape index (κ2) is 5.47. The molecular formula is C9H14F3N3S. The van der Waals surface area contributed by atoms with Crippen molar-refractivity contribution in [2.75, 3.05) is 11.9 Å². The summed E-state index contributed by atoms with van der Waals surface area (Å²) in [7, 11) is 0. The van der Waals surface area contributed by atoms with E-state index in [4.69, 9.17) is 0 Å². The van der Waals surface area contributed by atoms with E-state index in [0.717, 1.165) is 12.8 Å². The number of nitrogens with one attached hydrogen (secondary N) is 1. The van der Waals surface area contributed by atoms with Crippen LogP contribution in [0, 0.1) is 5.92 Å². The SMILES string of the molecule is CC(C)CCCNc1nnc(C(F)(F)F)s1. The third-order valence-electron chi connectivity index (χ3n) is 1.90. The van der Waals surface area contributed by atoms with Crippen LogP contribution in [0.5, 0.6) is 0 Å². The lowest BCUT2D eigenvalue weighted by Crippen LogP contribution is -2.03. The van der Waals surface area contributed by atoms with E-state index in [-0.39, 0.29) is 5.13 Å². The van der Waals surface area contributed by atoms with Crippen LogP contribution >= 0.6 is 11.3 Å². The number of anilines is 1. The maximum Gasteiger partial charge on any atom is 0.445 e. The molecular weight excluding hydrogens is 239 g/mol. The van der Waals surface area contributed by atoms with Crippen molar-refractivity contribution in [1.82, 2.24) is 10.2 Å². The van der Waals surface area contributed by atoms with Gasteiger partial charge in [-0.2, -0.15) is 13.2 Å². The number of halogens is 3. The van der Waals surface area contributed by atoms with Crippen LogP contribution in [0.3, 0.4) is 0 Å². The normalized spacial score (nSPS) is 12.1. The van der Waals surface area contributed by atoms with Crippen molar-refractivity contribution in [2.45, 2.75) is 32.9 Å². The first-order valence-electron chi connectivity index (χ1n) is 5.04. The van der Waals surface area contributed by atoms with Gasteiger partial charge in [-0.25, -0.2) is 0 Å². The van der Waals surface area contributed by atoms with Crippen molar-refractivity contribution in [2.24, 2.45) is 5.92 Å². The fourth-order valence-corrected chi connectivity index (χ4v) is 1.75. The molecule has 0 aliphatic heterocycles. The van der Waals surface area contributed by atoms with Crippen LogP contribution in [0.2, 0.25) is 0 Å². The molecule has 3 nitrogen and oxygen atoms in total. The fourth-order valence-electron chi connectivity index (χ4n) is 1.11. The Bertz CT molecular complexity index is 322. The number of alkyl halides is 3. The zero-order chi connectivity index (χ0) is 12.2. The second-order valence-corrected chi connectivity index (χ2v) is 4.85. The van der Waals surface area contributed by atoms with Crippen LogP contribution in [0.1, 0.15) is 31.7 Å². The predicted molar refractivity (Wildman–Crippen MR) is 57.5 cm³/mol. The number of rotatable bonds is 5. The van der Waals surface area contributed by atoms with Gasteiger partial charge in [-0.15, -0.1) is 10.2 Å². The molecule has 1 heterocycles. The van der Waals surface area contributed by atoms with Crippen LogP contribution < -0.4 is 5.32 Å². The summed E-state index contributed by atoms with van der Waals surface area (Å²) in [5.74, 6) is 0.599. The molecule has 16 heavy (non-hydrogen) atoms. The highest BCUT2D eigenvalue weighted by molar-refractivity contribution is 7.15. The highest BCUT2D eigenvalue weighted by Crippen LogP contribution is 2.32. The summed E-state index contributed by atoms with van der Waals surface area (Å²) in [6.45, 7) is 4.84. The Morgan fingerprint density at radius 3 is 2.50 bits per heavy atom. The minimum atomic E-state index is -4.39. The van der Waals surface area contributed by atoms with Gasteiger partial charge in [-0.1, -0.05) is 25.2 Å². The van der Waals surface area contributed by atoms with E-state index in [0.29, 0.717) is 23.8 Å². The Morgan fingerprint density at radius 2 is 2.00 bits per heavy atom. The lowest BCUT2D eigenvalue weighted by Gasteiger charge is -2.04. The van der Waals surface area contributed by atoms with Gasteiger partial charge in [0.1, 0.15) is 0 Å². The van der Waals surface area contributed by atoms with Crippen molar-refractivity contribution in [3.8, 4) is 0 Å². The number of hydrogen-bond donors (Lipinski definition) is 1. The van der Waals surface area contributed by atoms with E-state index in [9.17, 15) is 13.2 Å². The van der Waals surface area contributed by atoms with Gasteiger partial charge in [0.25, 0.3) is 0 Å².